The van der Waals surface area contributed by atoms with Gasteiger partial charge in [0.25, 0.3) is 0 Å². The molecule has 0 unspecified atom stereocenters. The van der Waals surface area contributed by atoms with Gasteiger partial charge in [0.1, 0.15) is 0 Å². The highest BCUT2D eigenvalue weighted by atomic mass is 35.5. The van der Waals surface area contributed by atoms with E-state index < -0.39 is 0 Å². The van der Waals surface area contributed by atoms with Crippen molar-refractivity contribution in [2.45, 2.75) is 52.7 Å². The van der Waals surface area contributed by atoms with Crippen molar-refractivity contribution < 1.29 is 0 Å². The second-order valence-corrected chi connectivity index (χ2v) is 7.76. The Balaban J connectivity index is 0.00000243. The predicted molar refractivity (Wildman–Crippen MR) is 116 cm³/mol. The highest BCUT2D eigenvalue weighted by Gasteiger charge is 2.18. The molecule has 1 heterocycles. The normalized spacial score (nSPS) is 11.6. The van der Waals surface area contributed by atoms with Crippen molar-refractivity contribution in [3.8, 4) is 0 Å². The largest absolute Gasteiger partial charge is 0.340 e. The van der Waals surface area contributed by atoms with E-state index in [9.17, 15) is 0 Å². The number of halogens is 2. The Kier molecular flexibility index (Phi) is 6.79. The fourth-order valence-electron chi connectivity index (χ4n) is 3.18. The lowest BCUT2D eigenvalue weighted by Gasteiger charge is -2.24. The summed E-state index contributed by atoms with van der Waals surface area (Å²) in [7, 11) is 0. The molecule has 1 aromatic heterocycles. The number of nitrogens with zero attached hydrogens (tertiary/aromatic N) is 1. The average Bonchev–Trinajstić information content (AvgIpc) is 2.87. The lowest BCUT2D eigenvalue weighted by molar-refractivity contribution is 0.374. The number of rotatable bonds is 6. The molecule has 26 heavy (non-hydrogen) atoms. The second kappa shape index (κ2) is 8.47. The van der Waals surface area contributed by atoms with Gasteiger partial charge in [-0.05, 0) is 50.5 Å². The van der Waals surface area contributed by atoms with Crippen molar-refractivity contribution in [1.29, 1.82) is 0 Å². The predicted octanol–water partition coefficient (Wildman–Crippen LogP) is 6.35. The van der Waals surface area contributed by atoms with Crippen molar-refractivity contribution >= 4 is 34.9 Å². The van der Waals surface area contributed by atoms with Gasteiger partial charge in [-0.25, -0.2) is 0 Å². The summed E-state index contributed by atoms with van der Waals surface area (Å²) >= 11 is 6.40. The number of nitrogens with one attached hydrogen (secondary N) is 1. The molecule has 0 saturated carbocycles. The van der Waals surface area contributed by atoms with E-state index in [0.717, 1.165) is 30.1 Å². The number of hydrogen-bond donors (Lipinski definition) is 1. The molecule has 0 atom stereocenters. The van der Waals surface area contributed by atoms with E-state index in [2.05, 4.69) is 74.0 Å². The molecule has 0 aliphatic carbocycles. The van der Waals surface area contributed by atoms with E-state index in [-0.39, 0.29) is 17.9 Å². The molecular weight excluding hydrogens is 363 g/mol. The summed E-state index contributed by atoms with van der Waals surface area (Å²) in [6, 6.07) is 16.8. The van der Waals surface area contributed by atoms with Crippen molar-refractivity contribution in [3.05, 3.63) is 70.4 Å². The molecule has 0 amide bonds. The van der Waals surface area contributed by atoms with Crippen LogP contribution in [0.15, 0.2) is 48.5 Å². The molecule has 2 aromatic carbocycles. The van der Waals surface area contributed by atoms with Gasteiger partial charge in [-0.3, -0.25) is 0 Å². The molecule has 0 aliphatic heterocycles. The third-order valence-electron chi connectivity index (χ3n) is 5.28. The Hall–Kier alpha value is -1.48. The third kappa shape index (κ3) is 4.25. The first-order valence-corrected chi connectivity index (χ1v) is 9.36. The van der Waals surface area contributed by atoms with E-state index in [1.807, 2.05) is 12.1 Å². The first-order valence-electron chi connectivity index (χ1n) is 8.98. The van der Waals surface area contributed by atoms with Gasteiger partial charge in [-0.1, -0.05) is 54.9 Å². The molecule has 0 radical (unpaired) electrons. The lowest BCUT2D eigenvalue weighted by Crippen LogP contribution is -2.37. The minimum absolute atomic E-state index is 0. The van der Waals surface area contributed by atoms with E-state index in [0.29, 0.717) is 0 Å². The molecule has 3 rings (SSSR count). The van der Waals surface area contributed by atoms with E-state index in [1.165, 1.54) is 22.2 Å². The Bertz CT molecular complexity index is 881. The van der Waals surface area contributed by atoms with Crippen molar-refractivity contribution in [2.24, 2.45) is 0 Å². The standard InChI is InChI=1S/C22H27ClN2.ClH/c1-5-22(3,4)24-14-19-16(2)25(21-13-9-7-11-18(19)21)15-17-10-6-8-12-20(17)23;/h6-13,24H,5,14-15H2,1-4H3;1H. The van der Waals surface area contributed by atoms with Crippen LogP contribution in [-0.4, -0.2) is 10.1 Å². The highest BCUT2D eigenvalue weighted by Crippen LogP contribution is 2.28. The van der Waals surface area contributed by atoms with Crippen LogP contribution in [0.1, 0.15) is 44.0 Å². The summed E-state index contributed by atoms with van der Waals surface area (Å²) in [5, 5.41) is 5.86. The van der Waals surface area contributed by atoms with Crippen molar-refractivity contribution in [2.75, 3.05) is 0 Å². The third-order valence-corrected chi connectivity index (χ3v) is 5.64. The van der Waals surface area contributed by atoms with Crippen LogP contribution in [0.5, 0.6) is 0 Å². The first kappa shape index (κ1) is 20.8. The van der Waals surface area contributed by atoms with Gasteiger partial charge in [0.15, 0.2) is 0 Å². The maximum atomic E-state index is 6.40. The van der Waals surface area contributed by atoms with Crippen LogP contribution in [0.3, 0.4) is 0 Å². The zero-order valence-corrected chi connectivity index (χ0v) is 17.5. The van der Waals surface area contributed by atoms with Crippen LogP contribution >= 0.6 is 24.0 Å². The summed E-state index contributed by atoms with van der Waals surface area (Å²) in [5.41, 5.74) is 5.25. The molecule has 0 bridgehead atoms. The summed E-state index contributed by atoms with van der Waals surface area (Å²) in [5.74, 6) is 0. The maximum Gasteiger partial charge on any atom is 0.0493 e. The zero-order valence-electron chi connectivity index (χ0n) is 16.0. The molecule has 0 spiro atoms. The summed E-state index contributed by atoms with van der Waals surface area (Å²) in [6.07, 6.45) is 1.10. The van der Waals surface area contributed by atoms with Gasteiger partial charge in [-0.2, -0.15) is 0 Å². The molecular formula is C22H28Cl2N2. The number of para-hydroxylation sites is 1. The Labute approximate surface area is 168 Å². The molecule has 0 aliphatic rings. The molecule has 3 aromatic rings. The van der Waals surface area contributed by atoms with Gasteiger partial charge >= 0.3 is 0 Å². The number of hydrogen-bond acceptors (Lipinski definition) is 1. The summed E-state index contributed by atoms with van der Waals surface area (Å²) < 4.78 is 2.38. The topological polar surface area (TPSA) is 17.0 Å². The van der Waals surface area contributed by atoms with Crippen molar-refractivity contribution in [1.82, 2.24) is 9.88 Å². The smallest absolute Gasteiger partial charge is 0.0493 e. The lowest BCUT2D eigenvalue weighted by atomic mass is 10.0. The second-order valence-electron chi connectivity index (χ2n) is 7.35. The van der Waals surface area contributed by atoms with E-state index in [1.54, 1.807) is 0 Å². The molecule has 2 nitrogen and oxygen atoms in total. The minimum atomic E-state index is 0. The molecule has 0 fully saturated rings. The molecule has 0 saturated heterocycles. The van der Waals surface area contributed by atoms with Gasteiger partial charge < -0.3 is 9.88 Å². The van der Waals surface area contributed by atoms with E-state index >= 15 is 0 Å². The number of fused-ring (bicyclic) bond motifs is 1. The van der Waals surface area contributed by atoms with Crippen LogP contribution in [-0.2, 0) is 13.1 Å². The number of aromatic nitrogens is 1. The minimum Gasteiger partial charge on any atom is -0.340 e. The average molecular weight is 391 g/mol. The zero-order chi connectivity index (χ0) is 18.0. The highest BCUT2D eigenvalue weighted by molar-refractivity contribution is 6.31. The molecule has 4 heteroatoms. The molecule has 1 N–H and O–H groups in total. The van der Waals surface area contributed by atoms with Crippen LogP contribution in [0.4, 0.5) is 0 Å². The number of benzene rings is 2. The first-order chi connectivity index (χ1) is 11.9. The van der Waals surface area contributed by atoms with Crippen LogP contribution in [0.2, 0.25) is 5.02 Å². The maximum absolute atomic E-state index is 6.40. The van der Waals surface area contributed by atoms with E-state index in [4.69, 9.17) is 11.6 Å². The monoisotopic (exact) mass is 390 g/mol. The summed E-state index contributed by atoms with van der Waals surface area (Å²) in [6.45, 7) is 10.6. The SMILES string of the molecule is CCC(C)(C)NCc1c(C)n(Cc2ccccc2Cl)c2ccccc12.Cl. The fourth-order valence-corrected chi connectivity index (χ4v) is 3.37. The van der Waals surface area contributed by atoms with Crippen LogP contribution in [0, 0.1) is 6.92 Å². The fraction of sp³-hybridized carbons (Fsp3) is 0.364. The van der Waals surface area contributed by atoms with Gasteiger partial charge in [0, 0.05) is 40.2 Å². The van der Waals surface area contributed by atoms with Gasteiger partial charge in [0.05, 0.1) is 0 Å². The summed E-state index contributed by atoms with van der Waals surface area (Å²) in [4.78, 5) is 0. The van der Waals surface area contributed by atoms with Crippen molar-refractivity contribution in [3.63, 3.8) is 0 Å². The quantitative estimate of drug-likeness (QED) is 0.518. The Morgan fingerprint density at radius 3 is 2.38 bits per heavy atom. The molecule has 140 valence electrons. The van der Waals surface area contributed by atoms with Gasteiger partial charge in [0.2, 0.25) is 0 Å². The van der Waals surface area contributed by atoms with Gasteiger partial charge in [-0.15, -0.1) is 12.4 Å². The Morgan fingerprint density at radius 2 is 1.69 bits per heavy atom. The van der Waals surface area contributed by atoms with Crippen LogP contribution < -0.4 is 5.32 Å². The Morgan fingerprint density at radius 1 is 1.04 bits per heavy atom. The van der Waals surface area contributed by atoms with Crippen LogP contribution in [0.25, 0.3) is 10.9 Å².